The van der Waals surface area contributed by atoms with Crippen LogP contribution in [0.25, 0.3) is 0 Å². The number of fused-ring (bicyclic) bond motifs is 1. The van der Waals surface area contributed by atoms with Crippen LogP contribution in [0.5, 0.6) is 0 Å². The summed E-state index contributed by atoms with van der Waals surface area (Å²) in [4.78, 5) is 4.41. The zero-order valence-corrected chi connectivity index (χ0v) is 12.1. The van der Waals surface area contributed by atoms with Crippen molar-refractivity contribution in [2.24, 2.45) is 5.92 Å². The highest BCUT2D eigenvalue weighted by Gasteiger charge is 2.30. The molecule has 3 heteroatoms. The van der Waals surface area contributed by atoms with Crippen LogP contribution in [-0.2, 0) is 6.42 Å². The van der Waals surface area contributed by atoms with Crippen molar-refractivity contribution in [3.8, 4) is 0 Å². The fourth-order valence-corrected chi connectivity index (χ4v) is 4.66. The molecule has 0 saturated carbocycles. The minimum atomic E-state index is 0.722. The van der Waals surface area contributed by atoms with Crippen LogP contribution in [0.4, 0.5) is 0 Å². The van der Waals surface area contributed by atoms with Gasteiger partial charge in [0.15, 0.2) is 0 Å². The number of piperidine rings is 1. The molecule has 1 aliphatic heterocycles. The lowest BCUT2D eigenvalue weighted by atomic mass is 9.89. The molecule has 100 valence electrons. The molecular formula is C15H24N2S. The third-order valence-electron chi connectivity index (χ3n) is 4.50. The van der Waals surface area contributed by atoms with Gasteiger partial charge in [0.05, 0.1) is 0 Å². The number of aryl methyl sites for hydroxylation is 1. The molecule has 0 spiro atoms. The highest BCUT2D eigenvalue weighted by molar-refractivity contribution is 7.10. The van der Waals surface area contributed by atoms with Gasteiger partial charge in [0, 0.05) is 17.5 Å². The van der Waals surface area contributed by atoms with Crippen molar-refractivity contribution in [3.05, 3.63) is 21.9 Å². The Morgan fingerprint density at radius 2 is 2.33 bits per heavy atom. The molecule has 2 atom stereocenters. The van der Waals surface area contributed by atoms with Crippen molar-refractivity contribution in [2.75, 3.05) is 26.7 Å². The van der Waals surface area contributed by atoms with E-state index >= 15 is 0 Å². The highest BCUT2D eigenvalue weighted by Crippen LogP contribution is 2.38. The summed E-state index contributed by atoms with van der Waals surface area (Å²) in [5, 5.41) is 5.64. The van der Waals surface area contributed by atoms with Crippen molar-refractivity contribution < 1.29 is 0 Å². The number of hydrogen-bond donors (Lipinski definition) is 1. The summed E-state index contributed by atoms with van der Waals surface area (Å²) in [6.07, 6.45) is 6.85. The molecule has 1 saturated heterocycles. The maximum absolute atomic E-state index is 3.35. The molecule has 0 bridgehead atoms. The molecule has 2 aliphatic rings. The quantitative estimate of drug-likeness (QED) is 0.902. The van der Waals surface area contributed by atoms with Crippen molar-refractivity contribution in [2.45, 2.75) is 38.1 Å². The summed E-state index contributed by atoms with van der Waals surface area (Å²) in [5.41, 5.74) is 1.65. The van der Waals surface area contributed by atoms with Crippen LogP contribution in [0.3, 0.4) is 0 Å². The first kappa shape index (κ1) is 12.6. The first-order valence-corrected chi connectivity index (χ1v) is 8.21. The maximum Gasteiger partial charge on any atom is 0.0359 e. The fourth-order valence-electron chi connectivity index (χ4n) is 3.68. The molecule has 1 N–H and O–H groups in total. The van der Waals surface area contributed by atoms with Gasteiger partial charge in [-0.1, -0.05) is 0 Å². The molecule has 0 aromatic carbocycles. The van der Waals surface area contributed by atoms with E-state index in [2.05, 4.69) is 28.7 Å². The molecule has 2 unspecified atom stereocenters. The van der Waals surface area contributed by atoms with E-state index in [9.17, 15) is 0 Å². The average molecular weight is 264 g/mol. The van der Waals surface area contributed by atoms with E-state index in [1.54, 1.807) is 10.4 Å². The second-order valence-corrected chi connectivity index (χ2v) is 6.77. The van der Waals surface area contributed by atoms with Gasteiger partial charge >= 0.3 is 0 Å². The Morgan fingerprint density at radius 3 is 3.22 bits per heavy atom. The molecule has 1 aliphatic carbocycles. The Kier molecular flexibility index (Phi) is 4.02. The number of nitrogens with one attached hydrogen (secondary N) is 1. The maximum atomic E-state index is 3.35. The minimum absolute atomic E-state index is 0.722. The zero-order chi connectivity index (χ0) is 12.4. The summed E-state index contributed by atoms with van der Waals surface area (Å²) in [6, 6.07) is 3.10. The van der Waals surface area contributed by atoms with Crippen LogP contribution in [-0.4, -0.2) is 31.6 Å². The van der Waals surface area contributed by atoms with Crippen LogP contribution in [0.15, 0.2) is 11.4 Å². The van der Waals surface area contributed by atoms with Gasteiger partial charge in [0.25, 0.3) is 0 Å². The average Bonchev–Trinajstić information content (AvgIpc) is 2.87. The highest BCUT2D eigenvalue weighted by atomic mass is 32.1. The summed E-state index contributed by atoms with van der Waals surface area (Å²) < 4.78 is 0. The number of rotatable bonds is 3. The second kappa shape index (κ2) is 5.72. The molecular weight excluding hydrogens is 240 g/mol. The Morgan fingerprint density at radius 1 is 1.39 bits per heavy atom. The van der Waals surface area contributed by atoms with E-state index < -0.39 is 0 Å². The molecule has 0 radical (unpaired) electrons. The number of nitrogens with zero attached hydrogens (tertiary/aromatic N) is 1. The predicted octanol–water partition coefficient (Wildman–Crippen LogP) is 3.06. The van der Waals surface area contributed by atoms with Crippen LogP contribution in [0.1, 0.15) is 42.2 Å². The van der Waals surface area contributed by atoms with E-state index in [-0.39, 0.29) is 0 Å². The van der Waals surface area contributed by atoms with Gasteiger partial charge in [0.1, 0.15) is 0 Å². The van der Waals surface area contributed by atoms with Crippen molar-refractivity contribution in [1.29, 1.82) is 0 Å². The second-order valence-electron chi connectivity index (χ2n) is 5.77. The van der Waals surface area contributed by atoms with Crippen molar-refractivity contribution in [3.63, 3.8) is 0 Å². The lowest BCUT2D eigenvalue weighted by molar-refractivity contribution is 0.112. The topological polar surface area (TPSA) is 15.3 Å². The fraction of sp³-hybridized carbons (Fsp3) is 0.733. The minimum Gasteiger partial charge on any atom is -0.319 e. The van der Waals surface area contributed by atoms with E-state index in [4.69, 9.17) is 0 Å². The van der Waals surface area contributed by atoms with Crippen molar-refractivity contribution in [1.82, 2.24) is 10.2 Å². The SMILES string of the molecule is CNCC1CCCN(C2CCCc3sccc32)C1. The summed E-state index contributed by atoms with van der Waals surface area (Å²) >= 11 is 1.97. The smallest absolute Gasteiger partial charge is 0.0359 e. The van der Waals surface area contributed by atoms with E-state index in [0.717, 1.165) is 12.0 Å². The zero-order valence-electron chi connectivity index (χ0n) is 11.3. The number of thiophene rings is 1. The molecule has 2 nitrogen and oxygen atoms in total. The van der Waals surface area contributed by atoms with Crippen LogP contribution in [0, 0.1) is 5.92 Å². The molecule has 0 amide bonds. The van der Waals surface area contributed by atoms with Gasteiger partial charge in [-0.2, -0.15) is 0 Å². The Hall–Kier alpha value is -0.380. The Bertz CT molecular complexity index is 386. The van der Waals surface area contributed by atoms with Gasteiger partial charge in [-0.05, 0) is 75.2 Å². The molecule has 18 heavy (non-hydrogen) atoms. The third kappa shape index (κ3) is 2.49. The number of likely N-dealkylation sites (tertiary alicyclic amines) is 1. The lowest BCUT2D eigenvalue weighted by Gasteiger charge is -2.40. The van der Waals surface area contributed by atoms with E-state index in [1.165, 1.54) is 51.7 Å². The lowest BCUT2D eigenvalue weighted by Crippen LogP contribution is -2.41. The largest absolute Gasteiger partial charge is 0.319 e. The molecule has 1 fully saturated rings. The first-order chi connectivity index (χ1) is 8.88. The van der Waals surface area contributed by atoms with Gasteiger partial charge < -0.3 is 5.32 Å². The molecule has 1 aromatic heterocycles. The van der Waals surface area contributed by atoms with Gasteiger partial charge in [-0.3, -0.25) is 4.90 Å². The molecule has 3 rings (SSSR count). The van der Waals surface area contributed by atoms with Gasteiger partial charge in [-0.15, -0.1) is 11.3 Å². The predicted molar refractivity (Wildman–Crippen MR) is 78.2 cm³/mol. The van der Waals surface area contributed by atoms with Crippen LogP contribution < -0.4 is 5.32 Å². The normalized spacial score (nSPS) is 29.2. The number of hydrogen-bond acceptors (Lipinski definition) is 3. The molecule has 2 heterocycles. The van der Waals surface area contributed by atoms with Gasteiger partial charge in [-0.25, -0.2) is 0 Å². The summed E-state index contributed by atoms with van der Waals surface area (Å²) in [7, 11) is 2.08. The Balaban J connectivity index is 1.72. The van der Waals surface area contributed by atoms with Gasteiger partial charge in [0.2, 0.25) is 0 Å². The first-order valence-electron chi connectivity index (χ1n) is 7.33. The monoisotopic (exact) mass is 264 g/mol. The van der Waals surface area contributed by atoms with Crippen LogP contribution in [0.2, 0.25) is 0 Å². The van der Waals surface area contributed by atoms with Crippen molar-refractivity contribution >= 4 is 11.3 Å². The summed E-state index contributed by atoms with van der Waals surface area (Å²) in [6.45, 7) is 3.78. The Labute approximate surface area is 114 Å². The summed E-state index contributed by atoms with van der Waals surface area (Å²) in [5.74, 6) is 0.854. The van der Waals surface area contributed by atoms with E-state index in [1.807, 2.05) is 11.3 Å². The third-order valence-corrected chi connectivity index (χ3v) is 5.50. The van der Waals surface area contributed by atoms with Crippen LogP contribution >= 0.6 is 11.3 Å². The standard InChI is InChI=1S/C15H24N2S/c1-16-10-12-4-3-8-17(11-12)14-5-2-6-15-13(14)7-9-18-15/h7,9,12,14,16H,2-6,8,10-11H2,1H3. The van der Waals surface area contributed by atoms with E-state index in [0.29, 0.717) is 0 Å². The molecule has 1 aromatic rings.